The largest absolute Gasteiger partial charge is 0.391 e. The van der Waals surface area contributed by atoms with Gasteiger partial charge in [-0.1, -0.05) is 12.1 Å². The van der Waals surface area contributed by atoms with Crippen LogP contribution in [-0.4, -0.2) is 49.3 Å². The van der Waals surface area contributed by atoms with Crippen LogP contribution in [0.5, 0.6) is 0 Å². The zero-order chi connectivity index (χ0) is 16.8. The van der Waals surface area contributed by atoms with E-state index in [2.05, 4.69) is 26.4 Å². The van der Waals surface area contributed by atoms with Gasteiger partial charge >= 0.3 is 0 Å². The van der Waals surface area contributed by atoms with E-state index < -0.39 is 0 Å². The summed E-state index contributed by atoms with van der Waals surface area (Å²) in [6, 6.07) is 8.04. The van der Waals surface area contributed by atoms with Crippen molar-refractivity contribution < 1.29 is 9.74 Å². The molecule has 1 aliphatic carbocycles. The van der Waals surface area contributed by atoms with E-state index in [-0.39, 0.29) is 12.1 Å². The minimum absolute atomic E-state index is 0.0966. The maximum Gasteiger partial charge on any atom is 0.139 e. The van der Waals surface area contributed by atoms with Crippen LogP contribution in [0.15, 0.2) is 41.3 Å². The van der Waals surface area contributed by atoms with Crippen LogP contribution in [0.4, 0.5) is 0 Å². The van der Waals surface area contributed by atoms with Crippen molar-refractivity contribution in [2.75, 3.05) is 13.1 Å². The van der Waals surface area contributed by atoms with E-state index in [1.54, 1.807) is 6.20 Å². The number of aliphatic hydroxyl groups is 1. The maximum absolute atomic E-state index is 10.6. The molecule has 25 heavy (non-hydrogen) atoms. The highest BCUT2D eigenvalue weighted by atomic mass is 16.6. The number of aromatic nitrogens is 4. The Morgan fingerprint density at radius 3 is 2.84 bits per heavy atom. The van der Waals surface area contributed by atoms with Crippen LogP contribution in [0, 0.1) is 11.8 Å². The van der Waals surface area contributed by atoms with Gasteiger partial charge in [-0.2, -0.15) is 5.10 Å². The molecule has 1 aromatic carbocycles. The van der Waals surface area contributed by atoms with Crippen molar-refractivity contribution in [2.24, 2.45) is 11.8 Å². The molecule has 130 valence electrons. The predicted molar refractivity (Wildman–Crippen MR) is 90.6 cm³/mol. The Bertz CT molecular complexity index is 861. The third kappa shape index (κ3) is 2.63. The van der Waals surface area contributed by atoms with Crippen molar-refractivity contribution in [3.05, 3.63) is 42.2 Å². The molecule has 7 heteroatoms. The number of rotatable bonds is 3. The highest BCUT2D eigenvalue weighted by Crippen LogP contribution is 2.41. The summed E-state index contributed by atoms with van der Waals surface area (Å²) in [5.41, 5.74) is 2.82. The second-order valence-corrected chi connectivity index (χ2v) is 7.36. The second kappa shape index (κ2) is 5.93. The summed E-state index contributed by atoms with van der Waals surface area (Å²) in [6.07, 6.45) is 5.26. The monoisotopic (exact) mass is 339 g/mol. The highest BCUT2D eigenvalue weighted by Gasteiger charge is 2.42. The van der Waals surface area contributed by atoms with Gasteiger partial charge in [-0.25, -0.2) is 4.63 Å². The van der Waals surface area contributed by atoms with Gasteiger partial charge in [-0.3, -0.25) is 9.58 Å². The van der Waals surface area contributed by atoms with Crippen LogP contribution in [-0.2, 0) is 6.54 Å². The number of nitrogens with zero attached hydrogens (tertiary/aromatic N) is 5. The quantitative estimate of drug-likeness (QED) is 0.784. The molecule has 1 aliphatic heterocycles. The highest BCUT2D eigenvalue weighted by molar-refractivity contribution is 5.76. The number of hydrogen-bond acceptors (Lipinski definition) is 6. The molecule has 1 saturated heterocycles. The lowest BCUT2D eigenvalue weighted by Crippen LogP contribution is -2.36. The molecule has 0 radical (unpaired) electrons. The van der Waals surface area contributed by atoms with Crippen molar-refractivity contribution in [1.29, 1.82) is 0 Å². The van der Waals surface area contributed by atoms with Crippen LogP contribution in [0.3, 0.4) is 0 Å². The first-order valence-corrected chi connectivity index (χ1v) is 8.87. The summed E-state index contributed by atoms with van der Waals surface area (Å²) >= 11 is 0. The Balaban J connectivity index is 1.32. The molecule has 0 amide bonds. The lowest BCUT2D eigenvalue weighted by molar-refractivity contribution is 0.0306. The van der Waals surface area contributed by atoms with E-state index >= 15 is 0 Å². The van der Waals surface area contributed by atoms with Gasteiger partial charge in [0.1, 0.15) is 11.0 Å². The molecule has 4 atom stereocenters. The predicted octanol–water partition coefficient (Wildman–Crippen LogP) is 1.86. The van der Waals surface area contributed by atoms with Gasteiger partial charge in [-0.05, 0) is 52.7 Å². The zero-order valence-electron chi connectivity index (χ0n) is 13.9. The number of aliphatic hydroxyl groups excluding tert-OH is 1. The topological polar surface area (TPSA) is 80.2 Å². The van der Waals surface area contributed by atoms with Crippen molar-refractivity contribution in [1.82, 2.24) is 25.0 Å². The minimum atomic E-state index is -0.315. The Morgan fingerprint density at radius 2 is 2.00 bits per heavy atom. The van der Waals surface area contributed by atoms with E-state index in [0.29, 0.717) is 11.8 Å². The molecular formula is C18H21N5O2. The van der Waals surface area contributed by atoms with Crippen molar-refractivity contribution in [3.8, 4) is 0 Å². The van der Waals surface area contributed by atoms with Gasteiger partial charge < -0.3 is 5.11 Å². The molecule has 2 aliphatic rings. The molecule has 1 saturated carbocycles. The van der Waals surface area contributed by atoms with Crippen LogP contribution in [0.2, 0.25) is 0 Å². The molecular weight excluding hydrogens is 318 g/mol. The summed E-state index contributed by atoms with van der Waals surface area (Å²) in [7, 11) is 0. The zero-order valence-corrected chi connectivity index (χ0v) is 13.9. The number of fused-ring (bicyclic) bond motifs is 2. The normalized spacial score (nSPS) is 30.0. The Kier molecular flexibility index (Phi) is 3.57. The molecule has 0 spiro atoms. The standard InChI is InChI=1S/C18H21N5O2/c24-17-8-14-11-22(9-12-3-1-4-15-18(12)21-25-20-15)10-13(14)7-16(17)23-6-2-5-19-23/h1-6,13-14,16-17,24H,7-11H2/t13-,14+,16-,17-/m1/s1. The van der Waals surface area contributed by atoms with E-state index in [9.17, 15) is 5.11 Å². The average molecular weight is 339 g/mol. The van der Waals surface area contributed by atoms with Gasteiger partial charge in [0, 0.05) is 32.0 Å². The lowest BCUT2D eigenvalue weighted by Gasteiger charge is -2.35. The Hall–Kier alpha value is -2.25. The smallest absolute Gasteiger partial charge is 0.139 e. The van der Waals surface area contributed by atoms with Gasteiger partial charge in [0.15, 0.2) is 0 Å². The van der Waals surface area contributed by atoms with Gasteiger partial charge in [0.2, 0.25) is 0 Å². The Morgan fingerprint density at radius 1 is 1.12 bits per heavy atom. The lowest BCUT2D eigenvalue weighted by atomic mass is 9.77. The van der Waals surface area contributed by atoms with Crippen LogP contribution < -0.4 is 0 Å². The summed E-state index contributed by atoms with van der Waals surface area (Å²) < 4.78 is 6.79. The van der Waals surface area contributed by atoms with Crippen molar-refractivity contribution >= 4 is 11.0 Å². The Labute approximate surface area is 145 Å². The first-order valence-electron chi connectivity index (χ1n) is 8.87. The molecule has 5 rings (SSSR count). The average Bonchev–Trinajstić information content (AvgIpc) is 3.34. The number of benzene rings is 1. The fourth-order valence-electron chi connectivity index (χ4n) is 4.63. The fourth-order valence-corrected chi connectivity index (χ4v) is 4.63. The third-order valence-electron chi connectivity index (χ3n) is 5.81. The van der Waals surface area contributed by atoms with Gasteiger partial charge in [0.05, 0.1) is 12.1 Å². The van der Waals surface area contributed by atoms with Crippen molar-refractivity contribution in [3.63, 3.8) is 0 Å². The first kappa shape index (κ1) is 15.0. The van der Waals surface area contributed by atoms with Crippen LogP contribution >= 0.6 is 0 Å². The van der Waals surface area contributed by atoms with E-state index in [4.69, 9.17) is 4.63 Å². The maximum atomic E-state index is 10.6. The molecule has 3 heterocycles. The van der Waals surface area contributed by atoms with E-state index in [0.717, 1.165) is 49.1 Å². The number of likely N-dealkylation sites (tertiary alicyclic amines) is 1. The SMILES string of the molecule is O[C@@H]1C[C@H]2CN(Cc3cccc4nonc34)C[C@H]2C[C@H]1n1cccn1. The summed E-state index contributed by atoms with van der Waals surface area (Å²) in [6.45, 7) is 2.92. The van der Waals surface area contributed by atoms with E-state index in [1.807, 2.05) is 29.1 Å². The molecule has 3 aromatic rings. The molecule has 7 nitrogen and oxygen atoms in total. The van der Waals surface area contributed by atoms with Crippen molar-refractivity contribution in [2.45, 2.75) is 31.5 Å². The third-order valence-corrected chi connectivity index (χ3v) is 5.81. The van der Waals surface area contributed by atoms with Gasteiger partial charge in [0.25, 0.3) is 0 Å². The fraction of sp³-hybridized carbons (Fsp3) is 0.500. The van der Waals surface area contributed by atoms with Gasteiger partial charge in [-0.15, -0.1) is 0 Å². The molecule has 0 unspecified atom stereocenters. The number of hydrogen-bond donors (Lipinski definition) is 1. The second-order valence-electron chi connectivity index (χ2n) is 7.36. The van der Waals surface area contributed by atoms with Crippen LogP contribution in [0.1, 0.15) is 24.4 Å². The van der Waals surface area contributed by atoms with Crippen LogP contribution in [0.25, 0.3) is 11.0 Å². The minimum Gasteiger partial charge on any atom is -0.391 e. The summed E-state index contributed by atoms with van der Waals surface area (Å²) in [5.74, 6) is 1.16. The summed E-state index contributed by atoms with van der Waals surface area (Å²) in [4.78, 5) is 2.47. The molecule has 2 fully saturated rings. The molecule has 1 N–H and O–H groups in total. The van der Waals surface area contributed by atoms with E-state index in [1.165, 1.54) is 0 Å². The summed E-state index contributed by atoms with van der Waals surface area (Å²) in [5, 5.41) is 22.9. The first-order chi connectivity index (χ1) is 12.3. The molecule has 0 bridgehead atoms. The molecule has 2 aromatic heterocycles.